The zero-order valence-corrected chi connectivity index (χ0v) is 7.12. The van der Waals surface area contributed by atoms with Gasteiger partial charge in [-0.1, -0.05) is 5.92 Å². The highest BCUT2D eigenvalue weighted by molar-refractivity contribution is 5.26. The second-order valence-corrected chi connectivity index (χ2v) is 2.31. The molecule has 0 atom stereocenters. The van der Waals surface area contributed by atoms with E-state index in [1.807, 2.05) is 17.7 Å². The van der Waals surface area contributed by atoms with Crippen LogP contribution in [0.25, 0.3) is 0 Å². The molecule has 3 nitrogen and oxygen atoms in total. The van der Waals surface area contributed by atoms with E-state index in [0.29, 0.717) is 6.42 Å². The normalized spacial score (nSPS) is 9.17. The van der Waals surface area contributed by atoms with Crippen LogP contribution in [0.3, 0.4) is 0 Å². The Balaban J connectivity index is 2.69. The van der Waals surface area contributed by atoms with Crippen LogP contribution in [0, 0.1) is 11.8 Å². The maximum absolute atomic E-state index is 8.50. The summed E-state index contributed by atoms with van der Waals surface area (Å²) >= 11 is 0. The number of aliphatic hydroxyl groups excluding tert-OH is 1. The largest absolute Gasteiger partial charge is 0.395 e. The average molecular weight is 164 g/mol. The molecular formula is C9H12N2O. The van der Waals surface area contributed by atoms with E-state index in [2.05, 4.69) is 16.9 Å². The van der Waals surface area contributed by atoms with Gasteiger partial charge in [0.15, 0.2) is 0 Å². The lowest BCUT2D eigenvalue weighted by molar-refractivity contribution is 0.305. The Morgan fingerprint density at radius 3 is 3.17 bits per heavy atom. The molecule has 0 bridgehead atoms. The number of rotatable bonds is 2. The molecule has 0 spiro atoms. The van der Waals surface area contributed by atoms with Crippen LogP contribution in [0.15, 0.2) is 12.3 Å². The summed E-state index contributed by atoms with van der Waals surface area (Å²) in [6.07, 6.45) is 2.25. The quantitative estimate of drug-likeness (QED) is 0.651. The van der Waals surface area contributed by atoms with E-state index in [0.717, 1.165) is 12.2 Å². The lowest BCUT2D eigenvalue weighted by Crippen LogP contribution is -1.98. The summed E-state index contributed by atoms with van der Waals surface area (Å²) < 4.78 is 1.82. The molecule has 0 aliphatic heterocycles. The molecule has 1 aromatic heterocycles. The highest BCUT2D eigenvalue weighted by Crippen LogP contribution is 1.95. The number of hydrogen-bond acceptors (Lipinski definition) is 2. The van der Waals surface area contributed by atoms with Crippen LogP contribution in [0.5, 0.6) is 0 Å². The number of nitrogens with zero attached hydrogens (tertiary/aromatic N) is 2. The molecule has 0 aromatic carbocycles. The Labute approximate surface area is 72.0 Å². The van der Waals surface area contributed by atoms with Crippen LogP contribution < -0.4 is 0 Å². The maximum atomic E-state index is 8.50. The first kappa shape index (κ1) is 8.82. The van der Waals surface area contributed by atoms with Crippen molar-refractivity contribution >= 4 is 0 Å². The molecule has 12 heavy (non-hydrogen) atoms. The van der Waals surface area contributed by atoms with E-state index < -0.39 is 0 Å². The van der Waals surface area contributed by atoms with E-state index in [9.17, 15) is 0 Å². The molecule has 1 aromatic rings. The van der Waals surface area contributed by atoms with Crippen molar-refractivity contribution in [1.82, 2.24) is 9.78 Å². The van der Waals surface area contributed by atoms with Crippen molar-refractivity contribution in [2.24, 2.45) is 0 Å². The van der Waals surface area contributed by atoms with Crippen molar-refractivity contribution in [3.8, 4) is 11.8 Å². The van der Waals surface area contributed by atoms with Gasteiger partial charge in [-0.3, -0.25) is 4.68 Å². The standard InChI is InChI=1S/C9H12N2O/c1-2-11-9(6-7-10-11)5-3-4-8-12/h6-7,12H,2,4,8H2,1H3. The van der Waals surface area contributed by atoms with Crippen LogP contribution >= 0.6 is 0 Å². The van der Waals surface area contributed by atoms with Gasteiger partial charge in [0.05, 0.1) is 12.8 Å². The monoisotopic (exact) mass is 164 g/mol. The second kappa shape index (κ2) is 4.58. The zero-order chi connectivity index (χ0) is 8.81. The van der Waals surface area contributed by atoms with Crippen LogP contribution in [-0.4, -0.2) is 21.5 Å². The summed E-state index contributed by atoms with van der Waals surface area (Å²) in [7, 11) is 0. The maximum Gasteiger partial charge on any atom is 0.111 e. The second-order valence-electron chi connectivity index (χ2n) is 2.31. The van der Waals surface area contributed by atoms with Gasteiger partial charge < -0.3 is 5.11 Å². The van der Waals surface area contributed by atoms with Gasteiger partial charge in [-0.05, 0) is 18.9 Å². The third-order valence-corrected chi connectivity index (χ3v) is 1.47. The molecule has 1 N–H and O–H groups in total. The van der Waals surface area contributed by atoms with Gasteiger partial charge in [0.2, 0.25) is 0 Å². The Morgan fingerprint density at radius 1 is 1.67 bits per heavy atom. The predicted octanol–water partition coefficient (Wildman–Crippen LogP) is 0.637. The molecule has 0 fully saturated rings. The van der Waals surface area contributed by atoms with Gasteiger partial charge in [0, 0.05) is 13.0 Å². The summed E-state index contributed by atoms with van der Waals surface area (Å²) in [5.41, 5.74) is 0.908. The SMILES string of the molecule is CCn1nccc1C#CCCO. The van der Waals surface area contributed by atoms with E-state index in [1.165, 1.54) is 0 Å². The Morgan fingerprint density at radius 2 is 2.50 bits per heavy atom. The minimum atomic E-state index is 0.118. The highest BCUT2D eigenvalue weighted by Gasteiger charge is 1.93. The van der Waals surface area contributed by atoms with Gasteiger partial charge >= 0.3 is 0 Å². The van der Waals surface area contributed by atoms with Crippen molar-refractivity contribution < 1.29 is 5.11 Å². The summed E-state index contributed by atoms with van der Waals surface area (Å²) in [6.45, 7) is 2.97. The van der Waals surface area contributed by atoms with E-state index >= 15 is 0 Å². The molecule has 0 unspecified atom stereocenters. The average Bonchev–Trinajstić information content (AvgIpc) is 2.52. The first-order chi connectivity index (χ1) is 5.88. The van der Waals surface area contributed by atoms with Crippen LogP contribution in [0.1, 0.15) is 19.0 Å². The summed E-state index contributed by atoms with van der Waals surface area (Å²) in [4.78, 5) is 0. The molecule has 3 heteroatoms. The van der Waals surface area contributed by atoms with Crippen molar-refractivity contribution in [3.63, 3.8) is 0 Å². The summed E-state index contributed by atoms with van der Waals surface area (Å²) in [6, 6.07) is 1.87. The smallest absolute Gasteiger partial charge is 0.111 e. The lowest BCUT2D eigenvalue weighted by atomic mass is 10.4. The third-order valence-electron chi connectivity index (χ3n) is 1.47. The zero-order valence-electron chi connectivity index (χ0n) is 7.12. The highest BCUT2D eigenvalue weighted by atomic mass is 16.2. The molecule has 64 valence electrons. The number of aliphatic hydroxyl groups is 1. The first-order valence-corrected chi connectivity index (χ1v) is 4.00. The minimum absolute atomic E-state index is 0.118. The molecule has 0 amide bonds. The van der Waals surface area contributed by atoms with E-state index in [4.69, 9.17) is 5.11 Å². The predicted molar refractivity (Wildman–Crippen MR) is 46.5 cm³/mol. The molecule has 1 rings (SSSR count). The number of hydrogen-bond donors (Lipinski definition) is 1. The minimum Gasteiger partial charge on any atom is -0.395 e. The third kappa shape index (κ3) is 2.11. The fraction of sp³-hybridized carbons (Fsp3) is 0.444. The summed E-state index contributed by atoms with van der Waals surface area (Å²) in [5.74, 6) is 5.79. The van der Waals surface area contributed by atoms with Crippen LogP contribution in [0.4, 0.5) is 0 Å². The fourth-order valence-electron chi connectivity index (χ4n) is 0.900. The lowest BCUT2D eigenvalue weighted by Gasteiger charge is -1.95. The van der Waals surface area contributed by atoms with Gasteiger partial charge in [0.1, 0.15) is 5.69 Å². The van der Waals surface area contributed by atoms with E-state index in [-0.39, 0.29) is 6.61 Å². The first-order valence-electron chi connectivity index (χ1n) is 4.00. The Kier molecular flexibility index (Phi) is 3.36. The molecule has 0 saturated heterocycles. The van der Waals surface area contributed by atoms with Gasteiger partial charge in [-0.2, -0.15) is 5.10 Å². The fourth-order valence-corrected chi connectivity index (χ4v) is 0.900. The molecule has 0 aliphatic rings. The molecule has 0 aliphatic carbocycles. The van der Waals surface area contributed by atoms with Gasteiger partial charge in [0.25, 0.3) is 0 Å². The Hall–Kier alpha value is -1.27. The molecule has 1 heterocycles. The number of aromatic nitrogens is 2. The number of aryl methyl sites for hydroxylation is 1. The van der Waals surface area contributed by atoms with Crippen molar-refractivity contribution in [2.45, 2.75) is 19.9 Å². The molecule has 0 saturated carbocycles. The van der Waals surface area contributed by atoms with Crippen LogP contribution in [-0.2, 0) is 6.54 Å². The molecule has 0 radical (unpaired) electrons. The van der Waals surface area contributed by atoms with Crippen LogP contribution in [0.2, 0.25) is 0 Å². The van der Waals surface area contributed by atoms with Gasteiger partial charge in [-0.15, -0.1) is 0 Å². The Bertz CT molecular complexity index is 293. The van der Waals surface area contributed by atoms with Crippen molar-refractivity contribution in [2.75, 3.05) is 6.61 Å². The van der Waals surface area contributed by atoms with E-state index in [1.54, 1.807) is 6.20 Å². The van der Waals surface area contributed by atoms with Crippen molar-refractivity contribution in [1.29, 1.82) is 0 Å². The van der Waals surface area contributed by atoms with Gasteiger partial charge in [-0.25, -0.2) is 0 Å². The molecular weight excluding hydrogens is 152 g/mol. The van der Waals surface area contributed by atoms with Crippen molar-refractivity contribution in [3.05, 3.63) is 18.0 Å². The topological polar surface area (TPSA) is 38.0 Å². The summed E-state index contributed by atoms with van der Waals surface area (Å²) in [5, 5.41) is 12.6.